The van der Waals surface area contributed by atoms with Crippen LogP contribution < -0.4 is 4.74 Å². The fourth-order valence-electron chi connectivity index (χ4n) is 8.96. The molecule has 1 heterocycles. The van der Waals surface area contributed by atoms with Crippen molar-refractivity contribution in [2.75, 3.05) is 6.61 Å². The van der Waals surface area contributed by atoms with E-state index in [1.807, 2.05) is 0 Å². The number of carbonyl (C=O) groups is 1. The van der Waals surface area contributed by atoms with Gasteiger partial charge in [0.2, 0.25) is 0 Å². The lowest BCUT2D eigenvalue weighted by Crippen LogP contribution is -2.43. The van der Waals surface area contributed by atoms with E-state index in [9.17, 15) is 4.79 Å². The second kappa shape index (κ2) is 18.0. The Labute approximate surface area is 343 Å². The number of allylic oxidation sites excluding steroid dienone is 1. The van der Waals surface area contributed by atoms with Crippen LogP contribution in [0.15, 0.2) is 120 Å². The summed E-state index contributed by atoms with van der Waals surface area (Å²) in [6.07, 6.45) is 10.0. The van der Waals surface area contributed by atoms with Crippen molar-refractivity contribution >= 4 is 14.1 Å². The minimum absolute atomic E-state index is 0.0150. The number of benzene rings is 4. The van der Waals surface area contributed by atoms with Crippen LogP contribution in [-0.4, -0.2) is 33.1 Å². The normalized spacial score (nSPS) is 20.6. The maximum absolute atomic E-state index is 14.3. The first-order valence-electron chi connectivity index (χ1n) is 21.7. The van der Waals surface area contributed by atoms with Crippen molar-refractivity contribution in [1.29, 1.82) is 0 Å². The Balaban J connectivity index is 1.31. The third-order valence-corrected chi connectivity index (χ3v) is 17.5. The topological polar surface area (TPSA) is 54.0 Å². The highest BCUT2D eigenvalue weighted by molar-refractivity contribution is 6.74. The van der Waals surface area contributed by atoms with E-state index < -0.39 is 13.9 Å². The Morgan fingerprint density at radius 1 is 0.772 bits per heavy atom. The van der Waals surface area contributed by atoms with E-state index in [0.717, 1.165) is 90.7 Å². The predicted octanol–water partition coefficient (Wildman–Crippen LogP) is 12.8. The minimum Gasteiger partial charge on any atom is -0.473 e. The molecular weight excluding hydrogens is 721 g/mol. The Bertz CT molecular complexity index is 1860. The maximum atomic E-state index is 14.3. The van der Waals surface area contributed by atoms with Gasteiger partial charge in [-0.2, -0.15) is 0 Å². The fourth-order valence-corrected chi connectivity index (χ4v) is 10.2. The smallest absolute Gasteiger partial charge is 0.193 e. The summed E-state index contributed by atoms with van der Waals surface area (Å²) < 4.78 is 27.9. The number of hydrogen-bond acceptors (Lipinski definition) is 5. The van der Waals surface area contributed by atoms with E-state index in [4.69, 9.17) is 18.6 Å². The number of hydrogen-bond donors (Lipinski definition) is 0. The van der Waals surface area contributed by atoms with Crippen LogP contribution in [0.25, 0.3) is 0 Å². The first-order valence-corrected chi connectivity index (χ1v) is 24.6. The zero-order chi connectivity index (χ0) is 40.0. The van der Waals surface area contributed by atoms with Gasteiger partial charge in [0, 0.05) is 35.3 Å². The second-order valence-electron chi connectivity index (χ2n) is 18.0. The van der Waals surface area contributed by atoms with E-state index in [1.54, 1.807) is 0 Å². The number of unbranched alkanes of at least 4 members (excludes halogenated alkanes) is 2. The molecule has 0 bridgehead atoms. The fraction of sp³-hybridized carbons (Fsp3) is 0.471. The zero-order valence-electron chi connectivity index (χ0n) is 35.2. The summed E-state index contributed by atoms with van der Waals surface area (Å²) in [5, 5.41) is -0.0150. The van der Waals surface area contributed by atoms with Gasteiger partial charge in [0.1, 0.15) is 5.75 Å². The third kappa shape index (κ3) is 8.95. The number of carbonyl (C=O) groups excluding carboxylic acids is 1. The molecule has 2 aliphatic carbocycles. The van der Waals surface area contributed by atoms with E-state index in [0.29, 0.717) is 12.8 Å². The number of ether oxygens (including phenoxy) is 3. The third-order valence-electron chi connectivity index (χ3n) is 13.1. The lowest BCUT2D eigenvalue weighted by Gasteiger charge is -2.44. The van der Waals surface area contributed by atoms with E-state index in [2.05, 4.69) is 150 Å². The minimum atomic E-state index is -2.32. The summed E-state index contributed by atoms with van der Waals surface area (Å²) in [6, 6.07) is 38.2. The van der Waals surface area contributed by atoms with Crippen molar-refractivity contribution in [3.05, 3.63) is 148 Å². The summed E-state index contributed by atoms with van der Waals surface area (Å²) in [7, 11) is -2.32. The molecule has 4 aromatic carbocycles. The summed E-state index contributed by atoms with van der Waals surface area (Å²) in [6.45, 7) is 14.6. The molecule has 0 aromatic heterocycles. The van der Waals surface area contributed by atoms with Crippen molar-refractivity contribution in [3.8, 4) is 5.75 Å². The van der Waals surface area contributed by atoms with Crippen molar-refractivity contribution < 1.29 is 23.4 Å². The molecule has 0 radical (unpaired) electrons. The molecule has 2 unspecified atom stereocenters. The zero-order valence-corrected chi connectivity index (χ0v) is 36.2. The van der Waals surface area contributed by atoms with Crippen molar-refractivity contribution in [1.82, 2.24) is 0 Å². The molecule has 4 aromatic rings. The first kappa shape index (κ1) is 41.4. The van der Waals surface area contributed by atoms with Crippen molar-refractivity contribution in [3.63, 3.8) is 0 Å². The Morgan fingerprint density at radius 2 is 1.40 bits per heavy atom. The highest BCUT2D eigenvalue weighted by atomic mass is 28.4. The van der Waals surface area contributed by atoms with Crippen LogP contribution in [0.4, 0.5) is 0 Å². The van der Waals surface area contributed by atoms with Gasteiger partial charge in [-0.1, -0.05) is 150 Å². The Hall–Kier alpha value is -3.81. The average molecular weight is 785 g/mol. The van der Waals surface area contributed by atoms with Gasteiger partial charge >= 0.3 is 0 Å². The Kier molecular flexibility index (Phi) is 13.0. The number of rotatable bonds is 16. The van der Waals surface area contributed by atoms with Crippen molar-refractivity contribution in [2.24, 2.45) is 5.92 Å². The van der Waals surface area contributed by atoms with Gasteiger partial charge in [-0.05, 0) is 91.8 Å². The van der Waals surface area contributed by atoms with Crippen LogP contribution in [0.3, 0.4) is 0 Å². The molecule has 1 aliphatic heterocycles. The van der Waals surface area contributed by atoms with Gasteiger partial charge < -0.3 is 18.6 Å². The molecule has 0 N–H and O–H groups in total. The monoisotopic (exact) mass is 784 g/mol. The number of ketones is 1. The van der Waals surface area contributed by atoms with Crippen molar-refractivity contribution in [2.45, 2.75) is 141 Å². The van der Waals surface area contributed by atoms with Crippen LogP contribution in [-0.2, 0) is 30.7 Å². The summed E-state index contributed by atoms with van der Waals surface area (Å²) in [5.41, 5.74) is 6.69. The van der Waals surface area contributed by atoms with Gasteiger partial charge in [0.05, 0.1) is 12.2 Å². The van der Waals surface area contributed by atoms with Gasteiger partial charge in [-0.3, -0.25) is 4.79 Å². The SMILES string of the molecule is CCCCC[C@@H](CCC1=C2C(CC1=O)Cc1c(OC(c3ccccc3)(c3ccccc3)c3ccccc3)cccc1[C@H]2O[Si](C)(C)C(C)(C)C)OC1CCCCO1. The molecule has 3 aliphatic rings. The lowest BCUT2D eigenvalue weighted by molar-refractivity contribution is -0.190. The quantitative estimate of drug-likeness (QED) is 0.0643. The van der Waals surface area contributed by atoms with Gasteiger partial charge in [-0.15, -0.1) is 0 Å². The predicted molar refractivity (Wildman–Crippen MR) is 233 cm³/mol. The molecule has 1 saturated heterocycles. The molecule has 302 valence electrons. The summed E-state index contributed by atoms with van der Waals surface area (Å²) >= 11 is 0. The second-order valence-corrected chi connectivity index (χ2v) is 22.8. The molecule has 0 amide bonds. The molecular formula is C51H64O5Si. The average Bonchev–Trinajstić information content (AvgIpc) is 3.54. The highest BCUT2D eigenvalue weighted by Gasteiger charge is 2.48. The molecule has 1 fully saturated rings. The molecule has 6 heteroatoms. The molecule has 57 heavy (non-hydrogen) atoms. The van der Waals surface area contributed by atoms with E-state index >= 15 is 0 Å². The van der Waals surface area contributed by atoms with Crippen LogP contribution in [0, 0.1) is 5.92 Å². The molecule has 7 rings (SSSR count). The largest absolute Gasteiger partial charge is 0.473 e. The van der Waals surface area contributed by atoms with E-state index in [1.165, 1.54) is 18.4 Å². The van der Waals surface area contributed by atoms with Gasteiger partial charge in [0.25, 0.3) is 0 Å². The van der Waals surface area contributed by atoms with Gasteiger partial charge in [-0.25, -0.2) is 0 Å². The number of fused-ring (bicyclic) bond motifs is 2. The van der Waals surface area contributed by atoms with Crippen LogP contribution >= 0.6 is 0 Å². The standard InChI is InChI=1S/C51H64O5Si/c1-7-8-12-28-41(54-47-31-19-20-34-53-47)32-33-43-45(52)36-37-35-44-42(49(48(37)43)56-57(5,6)50(2,3)4)29-21-30-46(44)55-51(38-22-13-9-14-23-38,39-24-15-10-16-25-39)40-26-17-11-18-27-40/h9-11,13-18,21-27,29-30,37,41,47,49H,7-8,12,19-20,28,31-36H2,1-6H3/t37?,41-,47?,49+/m0/s1. The first-order chi connectivity index (χ1) is 27.5. The van der Waals surface area contributed by atoms with Crippen LogP contribution in [0.5, 0.6) is 5.75 Å². The summed E-state index contributed by atoms with van der Waals surface area (Å²) in [5.74, 6) is 1.16. The number of Topliss-reactive ketones (excluding diaryl/α,β-unsaturated/α-hetero) is 1. The van der Waals surface area contributed by atoms with E-state index in [-0.39, 0.29) is 35.2 Å². The van der Waals surface area contributed by atoms with Crippen LogP contribution in [0.2, 0.25) is 18.1 Å². The van der Waals surface area contributed by atoms with Crippen LogP contribution in [0.1, 0.15) is 126 Å². The Morgan fingerprint density at radius 3 is 1.96 bits per heavy atom. The molecule has 0 spiro atoms. The lowest BCUT2D eigenvalue weighted by atomic mass is 9.77. The van der Waals surface area contributed by atoms with Gasteiger partial charge in [0.15, 0.2) is 26.0 Å². The molecule has 4 atom stereocenters. The highest BCUT2D eigenvalue weighted by Crippen LogP contribution is 2.54. The maximum Gasteiger partial charge on any atom is 0.193 e. The molecule has 0 saturated carbocycles. The molecule has 5 nitrogen and oxygen atoms in total. The summed E-state index contributed by atoms with van der Waals surface area (Å²) in [4.78, 5) is 14.3.